The van der Waals surface area contributed by atoms with Gasteiger partial charge in [0, 0.05) is 12.2 Å². The van der Waals surface area contributed by atoms with E-state index in [4.69, 9.17) is 9.47 Å². The van der Waals surface area contributed by atoms with Gasteiger partial charge in [-0.25, -0.2) is 8.42 Å². The Balaban J connectivity index is 1.64. The fraction of sp³-hybridized carbons (Fsp3) is 0.533. The second-order valence-electron chi connectivity index (χ2n) is 5.64. The van der Waals surface area contributed by atoms with E-state index in [-0.39, 0.29) is 18.5 Å². The van der Waals surface area contributed by atoms with Crippen molar-refractivity contribution in [3.63, 3.8) is 0 Å². The van der Waals surface area contributed by atoms with Crippen LogP contribution in [-0.2, 0) is 19.6 Å². The van der Waals surface area contributed by atoms with Gasteiger partial charge in [0.05, 0.1) is 11.9 Å². The Labute approximate surface area is 129 Å². The molecule has 0 aliphatic carbocycles. The summed E-state index contributed by atoms with van der Waals surface area (Å²) in [6.45, 7) is 0.749. The summed E-state index contributed by atoms with van der Waals surface area (Å²) in [5, 5.41) is 0. The third-order valence-corrected chi connectivity index (χ3v) is 5.27. The van der Waals surface area contributed by atoms with E-state index in [0.29, 0.717) is 18.8 Å². The topological polar surface area (TPSA) is 81.7 Å². The summed E-state index contributed by atoms with van der Waals surface area (Å²) in [6.07, 6.45) is 2.30. The normalized spacial score (nSPS) is 24.4. The third kappa shape index (κ3) is 3.41. The molecule has 1 fully saturated rings. The molecular formula is C15H19NO5S. The number of carbonyl (C=O) groups excluding carboxylic acids is 1. The van der Waals surface area contributed by atoms with Gasteiger partial charge in [0.25, 0.3) is 0 Å². The summed E-state index contributed by atoms with van der Waals surface area (Å²) in [5.41, 5.74) is 0.726. The first-order valence-corrected chi connectivity index (χ1v) is 9.08. The molecule has 1 N–H and O–H groups in total. The van der Waals surface area contributed by atoms with Gasteiger partial charge in [-0.05, 0) is 25.3 Å². The zero-order valence-electron chi connectivity index (χ0n) is 12.2. The van der Waals surface area contributed by atoms with Crippen molar-refractivity contribution in [1.29, 1.82) is 0 Å². The largest absolute Gasteiger partial charge is 0.492 e. The van der Waals surface area contributed by atoms with Gasteiger partial charge < -0.3 is 9.47 Å². The van der Waals surface area contributed by atoms with Crippen molar-refractivity contribution in [2.75, 3.05) is 19.0 Å². The zero-order chi connectivity index (χ0) is 15.6. The standard InChI is InChI=1S/C15H19NO5S/c17-15(13-9-21-14-7-2-1-6-12(13)14)16-22(18,19)10-11-5-3-4-8-20-11/h1-2,6-7,11,13H,3-5,8-10H2,(H,16,17)/t11-,13+/m0/s1. The van der Waals surface area contributed by atoms with E-state index in [0.717, 1.165) is 18.4 Å². The first-order chi connectivity index (χ1) is 10.6. The Hall–Kier alpha value is -1.60. The van der Waals surface area contributed by atoms with Gasteiger partial charge in [-0.1, -0.05) is 18.2 Å². The number of amides is 1. The van der Waals surface area contributed by atoms with Crippen LogP contribution in [0, 0.1) is 0 Å². The molecule has 0 spiro atoms. The summed E-state index contributed by atoms with van der Waals surface area (Å²) in [6, 6.07) is 7.17. The molecule has 120 valence electrons. The molecule has 3 rings (SSSR count). The molecule has 0 aromatic heterocycles. The van der Waals surface area contributed by atoms with E-state index >= 15 is 0 Å². The predicted octanol–water partition coefficient (Wildman–Crippen LogP) is 1.18. The third-order valence-electron chi connectivity index (χ3n) is 3.95. The van der Waals surface area contributed by atoms with Crippen LogP contribution in [0.25, 0.3) is 0 Å². The van der Waals surface area contributed by atoms with Crippen LogP contribution in [0.2, 0.25) is 0 Å². The van der Waals surface area contributed by atoms with Gasteiger partial charge in [0.2, 0.25) is 15.9 Å². The van der Waals surface area contributed by atoms with Crippen molar-refractivity contribution in [3.8, 4) is 5.75 Å². The summed E-state index contributed by atoms with van der Waals surface area (Å²) in [5.74, 6) is -0.664. The molecular weight excluding hydrogens is 306 g/mol. The minimum absolute atomic E-state index is 0.167. The number of nitrogens with one attached hydrogen (secondary N) is 1. The van der Waals surface area contributed by atoms with Gasteiger partial charge in [0.15, 0.2) is 0 Å². The molecule has 6 nitrogen and oxygen atoms in total. The molecule has 2 aliphatic heterocycles. The molecule has 0 bridgehead atoms. The van der Waals surface area contributed by atoms with Gasteiger partial charge in [-0.15, -0.1) is 0 Å². The molecule has 0 unspecified atom stereocenters. The lowest BCUT2D eigenvalue weighted by molar-refractivity contribution is -0.120. The Bertz CT molecular complexity index is 652. The van der Waals surface area contributed by atoms with Crippen LogP contribution in [-0.4, -0.2) is 39.4 Å². The number of hydrogen-bond donors (Lipinski definition) is 1. The number of hydrogen-bond acceptors (Lipinski definition) is 5. The quantitative estimate of drug-likeness (QED) is 0.899. The highest BCUT2D eigenvalue weighted by atomic mass is 32.2. The Morgan fingerprint density at radius 2 is 2.09 bits per heavy atom. The van der Waals surface area contributed by atoms with E-state index in [1.54, 1.807) is 18.2 Å². The monoisotopic (exact) mass is 325 g/mol. The molecule has 22 heavy (non-hydrogen) atoms. The molecule has 2 heterocycles. The highest BCUT2D eigenvalue weighted by Crippen LogP contribution is 2.33. The van der Waals surface area contributed by atoms with E-state index in [1.165, 1.54) is 0 Å². The number of rotatable bonds is 4. The van der Waals surface area contributed by atoms with Crippen LogP contribution in [0.15, 0.2) is 24.3 Å². The van der Waals surface area contributed by atoms with Gasteiger partial charge in [-0.2, -0.15) is 0 Å². The van der Waals surface area contributed by atoms with E-state index in [9.17, 15) is 13.2 Å². The van der Waals surface area contributed by atoms with Gasteiger partial charge in [-0.3, -0.25) is 9.52 Å². The van der Waals surface area contributed by atoms with Crippen LogP contribution in [0.1, 0.15) is 30.7 Å². The average Bonchev–Trinajstić information content (AvgIpc) is 2.91. The van der Waals surface area contributed by atoms with Crippen LogP contribution < -0.4 is 9.46 Å². The van der Waals surface area contributed by atoms with Crippen molar-refractivity contribution >= 4 is 15.9 Å². The number of para-hydroxylation sites is 1. The fourth-order valence-electron chi connectivity index (χ4n) is 2.83. The molecule has 1 aromatic rings. The maximum atomic E-state index is 12.3. The van der Waals surface area contributed by atoms with Crippen LogP contribution in [0.3, 0.4) is 0 Å². The molecule has 0 radical (unpaired) electrons. The van der Waals surface area contributed by atoms with Crippen LogP contribution >= 0.6 is 0 Å². The number of carbonyl (C=O) groups is 1. The van der Waals surface area contributed by atoms with Crippen molar-refractivity contribution in [2.45, 2.75) is 31.3 Å². The number of sulfonamides is 1. The zero-order valence-corrected chi connectivity index (χ0v) is 13.0. The lowest BCUT2D eigenvalue weighted by Gasteiger charge is -2.22. The second kappa shape index (κ2) is 6.26. The van der Waals surface area contributed by atoms with Crippen LogP contribution in [0.5, 0.6) is 5.75 Å². The van der Waals surface area contributed by atoms with Gasteiger partial charge in [0.1, 0.15) is 18.3 Å². The van der Waals surface area contributed by atoms with Crippen molar-refractivity contribution < 1.29 is 22.7 Å². The number of benzene rings is 1. The van der Waals surface area contributed by atoms with Crippen molar-refractivity contribution in [1.82, 2.24) is 4.72 Å². The summed E-state index contributed by atoms with van der Waals surface area (Å²) < 4.78 is 37.2. The molecule has 0 saturated carbocycles. The highest BCUT2D eigenvalue weighted by Gasteiger charge is 2.33. The molecule has 7 heteroatoms. The SMILES string of the molecule is O=C(NS(=O)(=O)C[C@@H]1CCCCO1)[C@@H]1COc2ccccc21. The van der Waals surface area contributed by atoms with Crippen molar-refractivity contribution in [2.24, 2.45) is 0 Å². The maximum Gasteiger partial charge on any atom is 0.244 e. The maximum absolute atomic E-state index is 12.3. The molecule has 1 amide bonds. The first-order valence-electron chi connectivity index (χ1n) is 7.43. The fourth-order valence-corrected chi connectivity index (χ4v) is 4.11. The van der Waals surface area contributed by atoms with E-state index in [1.807, 2.05) is 6.07 Å². The lowest BCUT2D eigenvalue weighted by atomic mass is 10.0. The molecule has 2 aliphatic rings. The van der Waals surface area contributed by atoms with Crippen molar-refractivity contribution in [3.05, 3.63) is 29.8 Å². The number of ether oxygens (including phenoxy) is 2. The number of fused-ring (bicyclic) bond motifs is 1. The minimum atomic E-state index is -3.70. The summed E-state index contributed by atoms with van der Waals surface area (Å²) in [7, 11) is -3.70. The van der Waals surface area contributed by atoms with E-state index in [2.05, 4.69) is 4.72 Å². The lowest BCUT2D eigenvalue weighted by Crippen LogP contribution is -2.40. The first kappa shape index (κ1) is 15.3. The van der Waals surface area contributed by atoms with Gasteiger partial charge >= 0.3 is 0 Å². The Morgan fingerprint density at radius 3 is 2.86 bits per heavy atom. The minimum Gasteiger partial charge on any atom is -0.492 e. The van der Waals surface area contributed by atoms with E-state index < -0.39 is 21.8 Å². The molecule has 2 atom stereocenters. The van der Waals surface area contributed by atoms with Crippen LogP contribution in [0.4, 0.5) is 0 Å². The summed E-state index contributed by atoms with van der Waals surface area (Å²) >= 11 is 0. The Kier molecular flexibility index (Phi) is 4.35. The Morgan fingerprint density at radius 1 is 1.27 bits per heavy atom. The predicted molar refractivity (Wildman–Crippen MR) is 80.2 cm³/mol. The molecule has 1 saturated heterocycles. The smallest absolute Gasteiger partial charge is 0.244 e. The average molecular weight is 325 g/mol. The molecule has 1 aromatic carbocycles. The second-order valence-corrected chi connectivity index (χ2v) is 7.40. The summed E-state index contributed by atoms with van der Waals surface area (Å²) in [4.78, 5) is 12.3. The highest BCUT2D eigenvalue weighted by molar-refractivity contribution is 7.90.